The van der Waals surface area contributed by atoms with Gasteiger partial charge in [0.05, 0.1) is 5.69 Å². The molecular formula is C16H25N5. The van der Waals surface area contributed by atoms with Crippen molar-refractivity contribution in [1.82, 2.24) is 9.99 Å². The second kappa shape index (κ2) is 6.72. The second-order valence-corrected chi connectivity index (χ2v) is 5.37. The van der Waals surface area contributed by atoms with Gasteiger partial charge in [-0.15, -0.1) is 0 Å². The van der Waals surface area contributed by atoms with Gasteiger partial charge in [-0.2, -0.15) is 5.10 Å². The maximum atomic E-state index is 6.10. The predicted octanol–water partition coefficient (Wildman–Crippen LogP) is 2.52. The molecule has 1 fully saturated rings. The molecule has 1 aliphatic heterocycles. The molecule has 0 saturated carbocycles. The van der Waals surface area contributed by atoms with Crippen LogP contribution in [0.1, 0.15) is 56.1 Å². The lowest BCUT2D eigenvalue weighted by Gasteiger charge is -2.24. The lowest BCUT2D eigenvalue weighted by atomic mass is 10.0. The molecule has 5 nitrogen and oxygen atoms in total. The summed E-state index contributed by atoms with van der Waals surface area (Å²) >= 11 is 0. The van der Waals surface area contributed by atoms with E-state index in [4.69, 9.17) is 5.73 Å². The SMILES string of the molecule is C=Nn1c(C2CCCCN2)cc(/C(C)=C/C)c1C(N)=NC. The zero-order valence-electron chi connectivity index (χ0n) is 13.2. The fourth-order valence-corrected chi connectivity index (χ4v) is 2.83. The summed E-state index contributed by atoms with van der Waals surface area (Å²) in [6.07, 6.45) is 5.64. The molecule has 0 aliphatic carbocycles. The molecule has 1 unspecified atom stereocenters. The third-order valence-electron chi connectivity index (χ3n) is 4.15. The number of hydrogen-bond acceptors (Lipinski definition) is 3. The standard InChI is InChI=1S/C16H25N5/c1-5-11(2)12-10-14(13-8-6-7-9-20-13)21(19-4)15(12)16(17)18-3/h5,10,13,20H,4,6-9H2,1-3H3,(H2,17,18)/b11-5+. The number of rotatable bonds is 4. The molecule has 1 aliphatic rings. The van der Waals surface area contributed by atoms with Crippen LogP contribution >= 0.6 is 0 Å². The van der Waals surface area contributed by atoms with E-state index in [0.717, 1.165) is 35.5 Å². The third-order valence-corrected chi connectivity index (χ3v) is 4.15. The highest BCUT2D eigenvalue weighted by Crippen LogP contribution is 2.30. The maximum absolute atomic E-state index is 6.10. The largest absolute Gasteiger partial charge is 0.382 e. The van der Waals surface area contributed by atoms with Gasteiger partial charge in [-0.3, -0.25) is 4.99 Å². The Morgan fingerprint density at radius 2 is 2.29 bits per heavy atom. The van der Waals surface area contributed by atoms with Gasteiger partial charge in [0.25, 0.3) is 0 Å². The van der Waals surface area contributed by atoms with Crippen LogP contribution in [0.5, 0.6) is 0 Å². The number of nitrogens with two attached hydrogens (primary N) is 1. The highest BCUT2D eigenvalue weighted by atomic mass is 15.4. The van der Waals surface area contributed by atoms with Crippen molar-refractivity contribution in [2.24, 2.45) is 15.8 Å². The van der Waals surface area contributed by atoms with Crippen molar-refractivity contribution < 1.29 is 0 Å². The fourth-order valence-electron chi connectivity index (χ4n) is 2.83. The van der Waals surface area contributed by atoms with Crippen LogP contribution < -0.4 is 11.1 Å². The predicted molar refractivity (Wildman–Crippen MR) is 89.9 cm³/mol. The lowest BCUT2D eigenvalue weighted by Crippen LogP contribution is -2.29. The highest BCUT2D eigenvalue weighted by Gasteiger charge is 2.24. The maximum Gasteiger partial charge on any atom is 0.145 e. The first-order valence-corrected chi connectivity index (χ1v) is 7.46. The molecular weight excluding hydrogens is 262 g/mol. The Bertz CT molecular complexity index is 574. The monoisotopic (exact) mass is 287 g/mol. The Labute approximate surface area is 126 Å². The van der Waals surface area contributed by atoms with E-state index in [2.05, 4.69) is 41.2 Å². The summed E-state index contributed by atoms with van der Waals surface area (Å²) in [5, 5.41) is 7.75. The molecule has 0 aromatic carbocycles. The summed E-state index contributed by atoms with van der Waals surface area (Å²) in [6, 6.07) is 2.46. The van der Waals surface area contributed by atoms with E-state index in [9.17, 15) is 0 Å². The van der Waals surface area contributed by atoms with Gasteiger partial charge in [0.15, 0.2) is 0 Å². The van der Waals surface area contributed by atoms with Crippen molar-refractivity contribution in [2.45, 2.75) is 39.2 Å². The van der Waals surface area contributed by atoms with E-state index < -0.39 is 0 Å². The average molecular weight is 287 g/mol. The van der Waals surface area contributed by atoms with Gasteiger partial charge in [0.1, 0.15) is 11.5 Å². The van der Waals surface area contributed by atoms with Crippen molar-refractivity contribution in [3.8, 4) is 0 Å². The van der Waals surface area contributed by atoms with E-state index in [1.54, 1.807) is 7.05 Å². The third kappa shape index (κ3) is 2.93. The van der Waals surface area contributed by atoms with Crippen molar-refractivity contribution in [3.63, 3.8) is 0 Å². The van der Waals surface area contributed by atoms with Gasteiger partial charge in [0, 0.05) is 25.4 Å². The minimum absolute atomic E-state index is 0.297. The van der Waals surface area contributed by atoms with Crippen LogP contribution in [0.15, 0.2) is 22.2 Å². The molecule has 1 aromatic heterocycles. The Morgan fingerprint density at radius 1 is 1.52 bits per heavy atom. The number of aromatic nitrogens is 1. The topological polar surface area (TPSA) is 67.7 Å². The average Bonchev–Trinajstić information content (AvgIpc) is 2.93. The summed E-state index contributed by atoms with van der Waals surface area (Å²) in [5.74, 6) is 0.487. The van der Waals surface area contributed by atoms with E-state index in [1.165, 1.54) is 12.8 Å². The molecule has 21 heavy (non-hydrogen) atoms. The van der Waals surface area contributed by atoms with E-state index in [1.807, 2.05) is 11.6 Å². The smallest absolute Gasteiger partial charge is 0.145 e. The number of nitrogens with one attached hydrogen (secondary N) is 1. The molecule has 3 N–H and O–H groups in total. The van der Waals surface area contributed by atoms with Gasteiger partial charge < -0.3 is 11.1 Å². The minimum atomic E-state index is 0.297. The Hall–Kier alpha value is -1.88. The van der Waals surface area contributed by atoms with Crippen LogP contribution in [0.25, 0.3) is 5.57 Å². The zero-order chi connectivity index (χ0) is 15.4. The molecule has 1 atom stereocenters. The second-order valence-electron chi connectivity index (χ2n) is 5.37. The van der Waals surface area contributed by atoms with E-state index in [-0.39, 0.29) is 0 Å². The van der Waals surface area contributed by atoms with Gasteiger partial charge in [0.2, 0.25) is 0 Å². The van der Waals surface area contributed by atoms with Gasteiger partial charge in [-0.05, 0) is 44.9 Å². The lowest BCUT2D eigenvalue weighted by molar-refractivity contribution is 0.397. The number of allylic oxidation sites excluding steroid dienone is 2. The van der Waals surface area contributed by atoms with Crippen molar-refractivity contribution in [1.29, 1.82) is 0 Å². The van der Waals surface area contributed by atoms with Crippen LogP contribution in [0.4, 0.5) is 0 Å². The first-order chi connectivity index (χ1) is 10.1. The molecule has 0 spiro atoms. The summed E-state index contributed by atoms with van der Waals surface area (Å²) in [5.41, 5.74) is 10.3. The molecule has 0 amide bonds. The molecule has 0 bridgehead atoms. The summed E-state index contributed by atoms with van der Waals surface area (Å²) in [6.45, 7) is 8.86. The summed E-state index contributed by atoms with van der Waals surface area (Å²) < 4.78 is 1.84. The normalized spacial score (nSPS) is 20.6. The molecule has 2 heterocycles. The summed E-state index contributed by atoms with van der Waals surface area (Å²) in [7, 11) is 1.70. The Morgan fingerprint density at radius 3 is 2.81 bits per heavy atom. The minimum Gasteiger partial charge on any atom is -0.382 e. The first-order valence-electron chi connectivity index (χ1n) is 7.46. The fraction of sp³-hybridized carbons (Fsp3) is 0.500. The van der Waals surface area contributed by atoms with E-state index >= 15 is 0 Å². The zero-order valence-corrected chi connectivity index (χ0v) is 13.2. The highest BCUT2D eigenvalue weighted by molar-refractivity contribution is 6.00. The first kappa shape index (κ1) is 15.5. The van der Waals surface area contributed by atoms with Crippen molar-refractivity contribution in [3.05, 3.63) is 29.1 Å². The van der Waals surface area contributed by atoms with Gasteiger partial charge in [-0.1, -0.05) is 12.5 Å². The van der Waals surface area contributed by atoms with Crippen molar-refractivity contribution >= 4 is 18.1 Å². The van der Waals surface area contributed by atoms with Crippen LogP contribution in [-0.4, -0.2) is 30.8 Å². The molecule has 1 aromatic rings. The number of amidine groups is 1. The Kier molecular flexibility index (Phi) is 4.96. The van der Waals surface area contributed by atoms with Crippen molar-refractivity contribution in [2.75, 3.05) is 13.6 Å². The number of piperidine rings is 1. The van der Waals surface area contributed by atoms with Crippen LogP contribution in [0.3, 0.4) is 0 Å². The number of aliphatic imine (C=N–C) groups is 1. The van der Waals surface area contributed by atoms with Crippen LogP contribution in [-0.2, 0) is 0 Å². The summed E-state index contributed by atoms with van der Waals surface area (Å²) in [4.78, 5) is 4.14. The van der Waals surface area contributed by atoms with Crippen LogP contribution in [0, 0.1) is 0 Å². The molecule has 114 valence electrons. The molecule has 0 radical (unpaired) electrons. The molecule has 5 heteroatoms. The van der Waals surface area contributed by atoms with Gasteiger partial charge >= 0.3 is 0 Å². The molecule has 1 saturated heterocycles. The number of hydrogen-bond donors (Lipinski definition) is 2. The molecule has 2 rings (SSSR count). The van der Waals surface area contributed by atoms with E-state index in [0.29, 0.717) is 11.9 Å². The van der Waals surface area contributed by atoms with Crippen LogP contribution in [0.2, 0.25) is 0 Å². The number of nitrogens with zero attached hydrogens (tertiary/aromatic N) is 3. The Balaban J connectivity index is 2.60. The van der Waals surface area contributed by atoms with Gasteiger partial charge in [-0.25, -0.2) is 4.68 Å². The quantitative estimate of drug-likeness (QED) is 0.660.